The number of unbranched alkanes of at least 4 members (excludes halogenated alkanes) is 2. The third kappa shape index (κ3) is 3.80. The number of nitrogens with zero attached hydrogens (tertiary/aromatic N) is 2. The molecule has 2 aromatic carbocycles. The van der Waals surface area contributed by atoms with Gasteiger partial charge in [-0.25, -0.2) is 0 Å². The molecule has 0 fully saturated rings. The van der Waals surface area contributed by atoms with Gasteiger partial charge in [0.25, 0.3) is 11.8 Å². The molecule has 27 heavy (non-hydrogen) atoms. The van der Waals surface area contributed by atoms with Crippen molar-refractivity contribution in [2.24, 2.45) is 0 Å². The molecular formula is C23H26N2O2. The van der Waals surface area contributed by atoms with Crippen LogP contribution in [0.5, 0.6) is 0 Å². The van der Waals surface area contributed by atoms with Crippen molar-refractivity contribution in [3.8, 4) is 0 Å². The summed E-state index contributed by atoms with van der Waals surface area (Å²) in [5.74, 6) is -0.407. The van der Waals surface area contributed by atoms with E-state index >= 15 is 0 Å². The first-order chi connectivity index (χ1) is 13.0. The van der Waals surface area contributed by atoms with Crippen molar-refractivity contribution in [1.29, 1.82) is 0 Å². The molecular weight excluding hydrogens is 336 g/mol. The zero-order valence-electron chi connectivity index (χ0n) is 16.2. The smallest absolute Gasteiger partial charge is 0.278 e. The topological polar surface area (TPSA) is 40.6 Å². The Kier molecular flexibility index (Phi) is 5.75. The van der Waals surface area contributed by atoms with E-state index in [1.54, 1.807) is 0 Å². The van der Waals surface area contributed by atoms with Gasteiger partial charge < -0.3 is 4.90 Å². The molecule has 140 valence electrons. The lowest BCUT2D eigenvalue weighted by molar-refractivity contribution is -0.136. The van der Waals surface area contributed by atoms with E-state index in [-0.39, 0.29) is 11.8 Å². The fraction of sp³-hybridized carbons (Fsp3) is 0.304. The molecule has 0 saturated heterocycles. The van der Waals surface area contributed by atoms with E-state index in [1.165, 1.54) is 4.90 Å². The number of carbonyl (C=O) groups excluding carboxylic acids is 2. The number of hydrogen-bond donors (Lipinski definition) is 0. The molecule has 0 aliphatic carbocycles. The number of imide groups is 1. The number of hydrogen-bond acceptors (Lipinski definition) is 3. The molecule has 2 amide bonds. The summed E-state index contributed by atoms with van der Waals surface area (Å²) >= 11 is 0. The number of carbonyl (C=O) groups is 2. The number of para-hydroxylation sites is 1. The number of rotatable bonds is 7. The van der Waals surface area contributed by atoms with Crippen molar-refractivity contribution < 1.29 is 9.59 Å². The van der Waals surface area contributed by atoms with E-state index in [4.69, 9.17) is 0 Å². The average molecular weight is 362 g/mol. The van der Waals surface area contributed by atoms with Crippen LogP contribution in [-0.4, -0.2) is 30.3 Å². The van der Waals surface area contributed by atoms with Crippen LogP contribution in [-0.2, 0) is 9.59 Å². The normalized spacial score (nSPS) is 14.3. The predicted molar refractivity (Wildman–Crippen MR) is 109 cm³/mol. The van der Waals surface area contributed by atoms with E-state index < -0.39 is 0 Å². The molecule has 0 spiro atoms. The van der Waals surface area contributed by atoms with Gasteiger partial charge in [-0.05, 0) is 31.0 Å². The number of benzene rings is 2. The minimum Gasteiger partial charge on any atom is -0.339 e. The molecule has 0 atom stereocenters. The van der Waals surface area contributed by atoms with Crippen LogP contribution in [0.2, 0.25) is 0 Å². The SMILES string of the molecule is CCCCCN1C(=O)C(c2ccc(C)cc2)=C(N(C)c2ccccc2)C1=O. The van der Waals surface area contributed by atoms with Gasteiger partial charge in [0.1, 0.15) is 5.70 Å². The zero-order valence-corrected chi connectivity index (χ0v) is 16.2. The first-order valence-corrected chi connectivity index (χ1v) is 9.51. The molecule has 0 radical (unpaired) electrons. The van der Waals surface area contributed by atoms with Gasteiger partial charge in [-0.2, -0.15) is 0 Å². The van der Waals surface area contributed by atoms with Gasteiger partial charge in [0.05, 0.1) is 5.57 Å². The van der Waals surface area contributed by atoms with Gasteiger partial charge in [0.15, 0.2) is 0 Å². The summed E-state index contributed by atoms with van der Waals surface area (Å²) < 4.78 is 0. The lowest BCUT2D eigenvalue weighted by atomic mass is 10.0. The van der Waals surface area contributed by atoms with Crippen LogP contribution in [0.4, 0.5) is 5.69 Å². The highest BCUT2D eigenvalue weighted by Crippen LogP contribution is 2.33. The first kappa shape index (κ1) is 18.9. The highest BCUT2D eigenvalue weighted by Gasteiger charge is 2.40. The van der Waals surface area contributed by atoms with Gasteiger partial charge in [-0.3, -0.25) is 14.5 Å². The second kappa shape index (κ2) is 8.21. The summed E-state index contributed by atoms with van der Waals surface area (Å²) in [4.78, 5) is 29.6. The molecule has 4 nitrogen and oxygen atoms in total. The van der Waals surface area contributed by atoms with Crippen molar-refractivity contribution in [3.05, 3.63) is 71.4 Å². The largest absolute Gasteiger partial charge is 0.339 e. The van der Waals surface area contributed by atoms with Gasteiger partial charge in [-0.1, -0.05) is 67.8 Å². The van der Waals surface area contributed by atoms with Crippen molar-refractivity contribution in [1.82, 2.24) is 4.90 Å². The van der Waals surface area contributed by atoms with Gasteiger partial charge in [-0.15, -0.1) is 0 Å². The van der Waals surface area contributed by atoms with Crippen LogP contribution in [0.3, 0.4) is 0 Å². The van der Waals surface area contributed by atoms with Crippen LogP contribution in [0, 0.1) is 6.92 Å². The monoisotopic (exact) mass is 362 g/mol. The Morgan fingerprint density at radius 1 is 0.889 bits per heavy atom. The Balaban J connectivity index is 2.04. The molecule has 3 rings (SSSR count). The van der Waals surface area contributed by atoms with Gasteiger partial charge >= 0.3 is 0 Å². The molecule has 0 bridgehead atoms. The lowest BCUT2D eigenvalue weighted by Gasteiger charge is -2.21. The van der Waals surface area contributed by atoms with Crippen molar-refractivity contribution in [3.63, 3.8) is 0 Å². The minimum absolute atomic E-state index is 0.197. The standard InChI is InChI=1S/C23H26N2O2/c1-4-5-9-16-25-22(26)20(18-14-12-17(2)13-15-18)21(23(25)27)24(3)19-10-7-6-8-11-19/h6-8,10-15H,4-5,9,16H2,1-3H3. The zero-order chi connectivity index (χ0) is 19.4. The highest BCUT2D eigenvalue weighted by atomic mass is 16.2. The van der Waals surface area contributed by atoms with E-state index in [2.05, 4.69) is 6.92 Å². The maximum Gasteiger partial charge on any atom is 0.278 e. The van der Waals surface area contributed by atoms with E-state index in [9.17, 15) is 9.59 Å². The Labute approximate surface area is 161 Å². The molecule has 1 aliphatic rings. The number of aryl methyl sites for hydroxylation is 1. The van der Waals surface area contributed by atoms with E-state index in [0.717, 1.165) is 36.1 Å². The summed E-state index contributed by atoms with van der Waals surface area (Å²) in [6.45, 7) is 4.58. The molecule has 0 saturated carbocycles. The number of amides is 2. The molecule has 2 aromatic rings. The first-order valence-electron chi connectivity index (χ1n) is 9.51. The number of anilines is 1. The van der Waals surface area contributed by atoms with Crippen LogP contribution < -0.4 is 4.90 Å². The molecule has 0 unspecified atom stereocenters. The van der Waals surface area contributed by atoms with Crippen molar-refractivity contribution >= 4 is 23.1 Å². The van der Waals surface area contributed by atoms with Crippen LogP contribution in [0.1, 0.15) is 37.3 Å². The Morgan fingerprint density at radius 2 is 1.56 bits per heavy atom. The Hall–Kier alpha value is -2.88. The van der Waals surface area contributed by atoms with Crippen LogP contribution in [0.15, 0.2) is 60.3 Å². The second-order valence-corrected chi connectivity index (χ2v) is 6.95. The third-order valence-corrected chi connectivity index (χ3v) is 4.95. The Morgan fingerprint density at radius 3 is 2.19 bits per heavy atom. The molecule has 1 aliphatic heterocycles. The fourth-order valence-corrected chi connectivity index (χ4v) is 3.36. The molecule has 0 aromatic heterocycles. The molecule has 4 heteroatoms. The number of likely N-dealkylation sites (N-methyl/N-ethyl adjacent to an activating group) is 1. The van der Waals surface area contributed by atoms with Gasteiger partial charge in [0, 0.05) is 19.3 Å². The summed E-state index contributed by atoms with van der Waals surface area (Å²) in [5, 5.41) is 0. The molecule has 1 heterocycles. The summed E-state index contributed by atoms with van der Waals surface area (Å²) in [7, 11) is 1.85. The van der Waals surface area contributed by atoms with Crippen LogP contribution in [0.25, 0.3) is 5.57 Å². The van der Waals surface area contributed by atoms with Gasteiger partial charge in [0.2, 0.25) is 0 Å². The summed E-state index contributed by atoms with van der Waals surface area (Å²) in [6, 6.07) is 17.5. The van der Waals surface area contributed by atoms with Crippen molar-refractivity contribution in [2.75, 3.05) is 18.5 Å². The second-order valence-electron chi connectivity index (χ2n) is 6.95. The van der Waals surface area contributed by atoms with E-state index in [1.807, 2.05) is 73.5 Å². The summed E-state index contributed by atoms with van der Waals surface area (Å²) in [5.41, 5.74) is 3.73. The summed E-state index contributed by atoms with van der Waals surface area (Å²) in [6.07, 6.45) is 2.88. The quantitative estimate of drug-likeness (QED) is 0.541. The van der Waals surface area contributed by atoms with Crippen molar-refractivity contribution in [2.45, 2.75) is 33.1 Å². The fourth-order valence-electron chi connectivity index (χ4n) is 3.36. The maximum absolute atomic E-state index is 13.2. The highest BCUT2D eigenvalue weighted by molar-refractivity contribution is 6.36. The van der Waals surface area contributed by atoms with Crippen LogP contribution >= 0.6 is 0 Å². The molecule has 0 N–H and O–H groups in total. The Bertz CT molecular complexity index is 854. The average Bonchev–Trinajstić information content (AvgIpc) is 2.93. The predicted octanol–water partition coefficient (Wildman–Crippen LogP) is 4.40. The lowest BCUT2D eigenvalue weighted by Crippen LogP contribution is -2.35. The van der Waals surface area contributed by atoms with E-state index in [0.29, 0.717) is 17.8 Å². The maximum atomic E-state index is 13.2. The third-order valence-electron chi connectivity index (χ3n) is 4.95. The minimum atomic E-state index is -0.210.